The smallest absolute Gasteiger partial charge is 0.339 e. The molecule has 0 unspecified atom stereocenters. The van der Waals surface area contributed by atoms with Gasteiger partial charge in [0.2, 0.25) is 0 Å². The molecule has 4 aromatic rings. The Hall–Kier alpha value is -3.16. The Morgan fingerprint density at radius 1 is 1.14 bits per heavy atom. The highest BCUT2D eigenvalue weighted by Crippen LogP contribution is 2.35. The molecule has 0 radical (unpaired) electrons. The third-order valence-corrected chi connectivity index (χ3v) is 7.76. The lowest BCUT2D eigenvalue weighted by Crippen LogP contribution is -2.32. The number of piperidine rings is 1. The highest BCUT2D eigenvalue weighted by molar-refractivity contribution is 7.07. The Bertz CT molecular complexity index is 1320. The second-order valence-corrected chi connectivity index (χ2v) is 9.99. The molecule has 0 amide bonds. The number of nitrogens with zero attached hydrogens (tertiary/aromatic N) is 2. The summed E-state index contributed by atoms with van der Waals surface area (Å²) in [5.74, 6) is -0.373. The number of ether oxygens (including phenoxy) is 1. The summed E-state index contributed by atoms with van der Waals surface area (Å²) in [5, 5.41) is 14.9. The maximum atomic E-state index is 14.1. The van der Waals surface area contributed by atoms with Gasteiger partial charge >= 0.3 is 5.97 Å². The number of carboxylic acids is 1. The third-order valence-electron chi connectivity index (χ3n) is 7.02. The van der Waals surface area contributed by atoms with Gasteiger partial charge in [-0.1, -0.05) is 6.07 Å². The Labute approximate surface area is 208 Å². The van der Waals surface area contributed by atoms with Crippen LogP contribution in [0.4, 0.5) is 4.39 Å². The monoisotopic (exact) mass is 492 g/mol. The Balaban J connectivity index is 1.29. The second kappa shape index (κ2) is 10.2. The maximum absolute atomic E-state index is 14.1. The SMILES string of the molecule is COc1ccc(CN2CCC(c3cn(CCc4ccsc4)c4cc(F)ccc34)CC2)cc1C(=O)O. The number of carbonyl (C=O) groups is 1. The Morgan fingerprint density at radius 2 is 1.97 bits per heavy atom. The normalized spacial score (nSPS) is 15.0. The molecule has 0 spiro atoms. The van der Waals surface area contributed by atoms with Gasteiger partial charge in [-0.3, -0.25) is 4.90 Å². The van der Waals surface area contributed by atoms with Crippen molar-refractivity contribution >= 4 is 28.2 Å². The topological polar surface area (TPSA) is 54.7 Å². The number of aromatic nitrogens is 1. The molecule has 35 heavy (non-hydrogen) atoms. The fraction of sp³-hybridized carbons (Fsp3) is 0.321. The van der Waals surface area contributed by atoms with E-state index in [0.717, 1.165) is 55.4 Å². The minimum absolute atomic E-state index is 0.197. The summed E-state index contributed by atoms with van der Waals surface area (Å²) in [4.78, 5) is 13.9. The molecule has 1 fully saturated rings. The summed E-state index contributed by atoms with van der Waals surface area (Å²) in [6, 6.07) is 12.7. The molecule has 1 saturated heterocycles. The van der Waals surface area contributed by atoms with E-state index in [-0.39, 0.29) is 11.4 Å². The number of methoxy groups -OCH3 is 1. The third kappa shape index (κ3) is 5.11. The minimum atomic E-state index is -0.978. The Morgan fingerprint density at radius 3 is 2.69 bits per heavy atom. The summed E-state index contributed by atoms with van der Waals surface area (Å²) in [6.07, 6.45) is 5.20. The summed E-state index contributed by atoms with van der Waals surface area (Å²) in [6.45, 7) is 3.41. The summed E-state index contributed by atoms with van der Waals surface area (Å²) >= 11 is 1.70. The molecule has 1 N–H and O–H groups in total. The molecule has 182 valence electrons. The molecule has 5 nitrogen and oxygen atoms in total. The molecular formula is C28H29FN2O3S. The number of benzene rings is 2. The van der Waals surface area contributed by atoms with Crippen LogP contribution in [0.15, 0.2) is 59.4 Å². The number of hydrogen-bond acceptors (Lipinski definition) is 4. The fourth-order valence-corrected chi connectivity index (χ4v) is 5.87. The first-order valence-corrected chi connectivity index (χ1v) is 12.9. The first kappa shape index (κ1) is 23.6. The highest BCUT2D eigenvalue weighted by atomic mass is 32.1. The van der Waals surface area contributed by atoms with Crippen LogP contribution in [0.2, 0.25) is 0 Å². The van der Waals surface area contributed by atoms with E-state index in [0.29, 0.717) is 18.2 Å². The molecule has 7 heteroatoms. The first-order valence-electron chi connectivity index (χ1n) is 11.9. The predicted molar refractivity (Wildman–Crippen MR) is 137 cm³/mol. The highest BCUT2D eigenvalue weighted by Gasteiger charge is 2.24. The summed E-state index contributed by atoms with van der Waals surface area (Å²) < 4.78 is 21.5. The van der Waals surface area contributed by atoms with Gasteiger partial charge in [-0.2, -0.15) is 11.3 Å². The quantitative estimate of drug-likeness (QED) is 0.320. The number of rotatable bonds is 8. The lowest BCUT2D eigenvalue weighted by molar-refractivity contribution is 0.0693. The van der Waals surface area contributed by atoms with Crippen LogP contribution in [0.3, 0.4) is 0 Å². The van der Waals surface area contributed by atoms with Gasteiger partial charge in [0.05, 0.1) is 12.6 Å². The molecule has 5 rings (SSSR count). The van der Waals surface area contributed by atoms with Crippen molar-refractivity contribution in [2.24, 2.45) is 0 Å². The lowest BCUT2D eigenvalue weighted by atomic mass is 9.89. The average Bonchev–Trinajstić information content (AvgIpc) is 3.51. The zero-order valence-corrected chi connectivity index (χ0v) is 20.6. The molecule has 3 heterocycles. The number of likely N-dealkylation sites (tertiary alicyclic amines) is 1. The van der Waals surface area contributed by atoms with E-state index >= 15 is 0 Å². The van der Waals surface area contributed by atoms with Gasteiger partial charge in [-0.15, -0.1) is 0 Å². The number of halogens is 1. The molecule has 1 aliphatic heterocycles. The van der Waals surface area contributed by atoms with Crippen molar-refractivity contribution < 1.29 is 19.0 Å². The zero-order chi connectivity index (χ0) is 24.4. The van der Waals surface area contributed by atoms with E-state index in [4.69, 9.17) is 4.74 Å². The van der Waals surface area contributed by atoms with E-state index in [1.54, 1.807) is 35.6 Å². The van der Waals surface area contributed by atoms with Crippen LogP contribution >= 0.6 is 11.3 Å². The van der Waals surface area contributed by atoms with Crippen LogP contribution in [0.5, 0.6) is 5.75 Å². The summed E-state index contributed by atoms with van der Waals surface area (Å²) in [5.41, 5.74) is 4.76. The van der Waals surface area contributed by atoms with Crippen molar-refractivity contribution in [2.75, 3.05) is 20.2 Å². The summed E-state index contributed by atoms with van der Waals surface area (Å²) in [7, 11) is 1.49. The van der Waals surface area contributed by atoms with Crippen molar-refractivity contribution in [3.05, 3.63) is 87.5 Å². The van der Waals surface area contributed by atoms with E-state index in [1.807, 2.05) is 12.1 Å². The van der Waals surface area contributed by atoms with E-state index in [9.17, 15) is 14.3 Å². The van der Waals surface area contributed by atoms with Crippen molar-refractivity contribution in [1.29, 1.82) is 0 Å². The number of thiophene rings is 1. The van der Waals surface area contributed by atoms with Gasteiger partial charge in [0.25, 0.3) is 0 Å². The van der Waals surface area contributed by atoms with Gasteiger partial charge in [0.1, 0.15) is 17.1 Å². The first-order chi connectivity index (χ1) is 17.0. The van der Waals surface area contributed by atoms with Gasteiger partial charge in [-0.05, 0) is 102 Å². The van der Waals surface area contributed by atoms with Crippen LogP contribution in [-0.4, -0.2) is 40.7 Å². The van der Waals surface area contributed by atoms with Gasteiger partial charge < -0.3 is 14.4 Å². The van der Waals surface area contributed by atoms with Crippen LogP contribution in [0, 0.1) is 5.82 Å². The predicted octanol–water partition coefficient (Wildman–Crippen LogP) is 6.17. The largest absolute Gasteiger partial charge is 0.496 e. The number of hydrogen-bond donors (Lipinski definition) is 1. The van der Waals surface area contributed by atoms with Crippen molar-refractivity contribution in [2.45, 2.75) is 38.3 Å². The molecular weight excluding hydrogens is 463 g/mol. The standard InChI is InChI=1S/C28H29FN2O3S/c1-34-27-5-2-20(14-24(27)28(32)33)16-30-10-7-21(8-11-30)25-17-31(12-6-19-9-13-35-18-19)26-15-22(29)3-4-23(25)26/h2-5,9,13-15,17-18,21H,6-8,10-12,16H2,1H3,(H,32,33). The van der Waals surface area contributed by atoms with Gasteiger partial charge in [0.15, 0.2) is 0 Å². The van der Waals surface area contributed by atoms with E-state index in [2.05, 4.69) is 32.5 Å². The minimum Gasteiger partial charge on any atom is -0.496 e. The second-order valence-electron chi connectivity index (χ2n) is 9.21. The van der Waals surface area contributed by atoms with Crippen molar-refractivity contribution in [3.8, 4) is 5.75 Å². The van der Waals surface area contributed by atoms with Crippen molar-refractivity contribution in [3.63, 3.8) is 0 Å². The molecule has 1 aliphatic rings. The maximum Gasteiger partial charge on any atom is 0.339 e. The van der Waals surface area contributed by atoms with Crippen molar-refractivity contribution in [1.82, 2.24) is 9.47 Å². The molecule has 2 aromatic carbocycles. The average molecular weight is 493 g/mol. The molecule has 0 aliphatic carbocycles. The number of carboxylic acid groups (broad SMARTS) is 1. The number of fused-ring (bicyclic) bond motifs is 1. The molecule has 2 aromatic heterocycles. The van der Waals surface area contributed by atoms with Crippen LogP contribution in [0.1, 0.15) is 45.8 Å². The fourth-order valence-electron chi connectivity index (χ4n) is 5.17. The lowest BCUT2D eigenvalue weighted by Gasteiger charge is -2.32. The number of aromatic carboxylic acids is 1. The van der Waals surface area contributed by atoms with Crippen LogP contribution in [-0.2, 0) is 19.5 Å². The van der Waals surface area contributed by atoms with E-state index < -0.39 is 5.97 Å². The van der Waals surface area contributed by atoms with Gasteiger partial charge in [-0.25, -0.2) is 9.18 Å². The van der Waals surface area contributed by atoms with Crippen LogP contribution in [0.25, 0.3) is 10.9 Å². The molecule has 0 saturated carbocycles. The van der Waals surface area contributed by atoms with E-state index in [1.165, 1.54) is 18.2 Å². The van der Waals surface area contributed by atoms with Gasteiger partial charge in [0, 0.05) is 24.7 Å². The molecule has 0 atom stereocenters. The Kier molecular flexibility index (Phi) is 6.88. The molecule has 0 bridgehead atoms. The van der Waals surface area contributed by atoms with Crippen LogP contribution < -0.4 is 4.74 Å². The number of aryl methyl sites for hydroxylation is 2. The zero-order valence-electron chi connectivity index (χ0n) is 19.7.